The van der Waals surface area contributed by atoms with Crippen LogP contribution in [0, 0.1) is 0 Å². The van der Waals surface area contributed by atoms with E-state index in [4.69, 9.17) is 18.9 Å². The molecular weight excluding hydrogens is 268 g/mol. The standard InChI is InChI=1S/C17H18O4/c1-18-17-9-14(19-10-13-5-3-2-4-6-13)7-8-16(17)21-12-15-11-20-15/h2-9,15H,10-12H2,1H3. The average Bonchev–Trinajstić information content (AvgIpc) is 3.36. The molecule has 2 aromatic rings. The molecule has 0 spiro atoms. The zero-order valence-electron chi connectivity index (χ0n) is 12.0. The summed E-state index contributed by atoms with van der Waals surface area (Å²) < 4.78 is 21.9. The summed E-state index contributed by atoms with van der Waals surface area (Å²) >= 11 is 0. The lowest BCUT2D eigenvalue weighted by atomic mass is 10.2. The lowest BCUT2D eigenvalue weighted by Crippen LogP contribution is -2.05. The summed E-state index contributed by atoms with van der Waals surface area (Å²) in [6, 6.07) is 15.6. The molecule has 1 aliphatic rings. The van der Waals surface area contributed by atoms with Crippen molar-refractivity contribution in [3.63, 3.8) is 0 Å². The van der Waals surface area contributed by atoms with E-state index in [1.165, 1.54) is 0 Å². The van der Waals surface area contributed by atoms with Gasteiger partial charge in [-0.15, -0.1) is 0 Å². The molecule has 1 heterocycles. The zero-order chi connectivity index (χ0) is 14.5. The number of ether oxygens (including phenoxy) is 4. The smallest absolute Gasteiger partial charge is 0.164 e. The van der Waals surface area contributed by atoms with Gasteiger partial charge in [-0.05, 0) is 17.7 Å². The summed E-state index contributed by atoms with van der Waals surface area (Å²) in [6.07, 6.45) is 0.226. The van der Waals surface area contributed by atoms with Gasteiger partial charge >= 0.3 is 0 Å². The molecule has 0 bridgehead atoms. The first kappa shape index (κ1) is 13.8. The van der Waals surface area contributed by atoms with Gasteiger partial charge < -0.3 is 18.9 Å². The minimum Gasteiger partial charge on any atom is -0.493 e. The molecule has 4 nitrogen and oxygen atoms in total. The average molecular weight is 286 g/mol. The first-order chi connectivity index (χ1) is 10.3. The Labute approximate surface area is 124 Å². The number of benzene rings is 2. The first-order valence-corrected chi connectivity index (χ1v) is 6.94. The Bertz CT molecular complexity index is 579. The Morgan fingerprint density at radius 2 is 1.86 bits per heavy atom. The second kappa shape index (κ2) is 6.50. The summed E-state index contributed by atoms with van der Waals surface area (Å²) in [7, 11) is 1.62. The zero-order valence-corrected chi connectivity index (χ0v) is 12.0. The minimum atomic E-state index is 0.226. The monoisotopic (exact) mass is 286 g/mol. The van der Waals surface area contributed by atoms with Gasteiger partial charge in [-0.3, -0.25) is 0 Å². The van der Waals surface area contributed by atoms with Crippen LogP contribution in [0.3, 0.4) is 0 Å². The normalized spacial score (nSPS) is 16.3. The van der Waals surface area contributed by atoms with E-state index in [2.05, 4.69) is 0 Å². The van der Waals surface area contributed by atoms with Gasteiger partial charge in [0.25, 0.3) is 0 Å². The van der Waals surface area contributed by atoms with E-state index in [9.17, 15) is 0 Å². The van der Waals surface area contributed by atoms with E-state index in [0.29, 0.717) is 24.7 Å². The Kier molecular flexibility index (Phi) is 4.26. The fourth-order valence-corrected chi connectivity index (χ4v) is 1.94. The van der Waals surface area contributed by atoms with Crippen molar-refractivity contribution in [3.05, 3.63) is 54.1 Å². The largest absolute Gasteiger partial charge is 0.493 e. The molecule has 1 saturated heterocycles. The maximum atomic E-state index is 5.77. The van der Waals surface area contributed by atoms with Gasteiger partial charge in [0.2, 0.25) is 0 Å². The predicted octanol–water partition coefficient (Wildman–Crippen LogP) is 3.05. The molecular formula is C17H18O4. The van der Waals surface area contributed by atoms with Crippen molar-refractivity contribution in [1.29, 1.82) is 0 Å². The highest BCUT2D eigenvalue weighted by atomic mass is 16.6. The number of methoxy groups -OCH3 is 1. The van der Waals surface area contributed by atoms with E-state index < -0.39 is 0 Å². The molecule has 2 aromatic carbocycles. The molecule has 1 fully saturated rings. The summed E-state index contributed by atoms with van der Waals surface area (Å²) in [5.41, 5.74) is 1.13. The number of hydrogen-bond acceptors (Lipinski definition) is 4. The van der Waals surface area contributed by atoms with Crippen LogP contribution in [0.1, 0.15) is 5.56 Å². The van der Waals surface area contributed by atoms with Gasteiger partial charge in [-0.2, -0.15) is 0 Å². The first-order valence-electron chi connectivity index (χ1n) is 6.94. The molecule has 1 aliphatic heterocycles. The lowest BCUT2D eigenvalue weighted by Gasteiger charge is -2.12. The van der Waals surface area contributed by atoms with Crippen molar-refractivity contribution in [2.24, 2.45) is 0 Å². The van der Waals surface area contributed by atoms with Gasteiger partial charge in [-0.25, -0.2) is 0 Å². The Balaban J connectivity index is 1.62. The van der Waals surface area contributed by atoms with Gasteiger partial charge in [0.15, 0.2) is 11.5 Å². The van der Waals surface area contributed by atoms with E-state index >= 15 is 0 Å². The van der Waals surface area contributed by atoms with Crippen molar-refractivity contribution in [2.75, 3.05) is 20.3 Å². The van der Waals surface area contributed by atoms with Gasteiger partial charge in [0, 0.05) is 6.07 Å². The highest BCUT2D eigenvalue weighted by Gasteiger charge is 2.23. The number of hydrogen-bond donors (Lipinski definition) is 0. The van der Waals surface area contributed by atoms with Gasteiger partial charge in [-0.1, -0.05) is 30.3 Å². The third kappa shape index (κ3) is 3.89. The third-order valence-corrected chi connectivity index (χ3v) is 3.21. The molecule has 0 amide bonds. The molecule has 3 rings (SSSR count). The molecule has 0 N–H and O–H groups in total. The van der Waals surface area contributed by atoms with E-state index in [1.807, 2.05) is 48.5 Å². The Morgan fingerprint density at radius 1 is 1.05 bits per heavy atom. The Hall–Kier alpha value is -2.20. The van der Waals surface area contributed by atoms with Crippen molar-refractivity contribution >= 4 is 0 Å². The van der Waals surface area contributed by atoms with E-state index in [1.54, 1.807) is 7.11 Å². The van der Waals surface area contributed by atoms with Crippen LogP contribution >= 0.6 is 0 Å². The maximum absolute atomic E-state index is 5.77. The highest BCUT2D eigenvalue weighted by molar-refractivity contribution is 5.45. The summed E-state index contributed by atoms with van der Waals surface area (Å²) in [5.74, 6) is 2.13. The third-order valence-electron chi connectivity index (χ3n) is 3.21. The lowest BCUT2D eigenvalue weighted by molar-refractivity contribution is 0.250. The van der Waals surface area contributed by atoms with Gasteiger partial charge in [0.1, 0.15) is 25.1 Å². The highest BCUT2D eigenvalue weighted by Crippen LogP contribution is 2.32. The summed E-state index contributed by atoms with van der Waals surface area (Å²) in [5, 5.41) is 0. The van der Waals surface area contributed by atoms with E-state index in [-0.39, 0.29) is 6.10 Å². The van der Waals surface area contributed by atoms with Gasteiger partial charge in [0.05, 0.1) is 13.7 Å². The number of rotatable bonds is 7. The predicted molar refractivity (Wildman–Crippen MR) is 79.0 cm³/mol. The van der Waals surface area contributed by atoms with Crippen molar-refractivity contribution < 1.29 is 18.9 Å². The van der Waals surface area contributed by atoms with E-state index in [0.717, 1.165) is 17.9 Å². The van der Waals surface area contributed by atoms with Crippen LogP contribution < -0.4 is 14.2 Å². The second-order valence-electron chi connectivity index (χ2n) is 4.85. The summed E-state index contributed by atoms with van der Waals surface area (Å²) in [4.78, 5) is 0. The molecule has 21 heavy (non-hydrogen) atoms. The second-order valence-corrected chi connectivity index (χ2v) is 4.85. The minimum absolute atomic E-state index is 0.226. The topological polar surface area (TPSA) is 40.2 Å². The van der Waals surface area contributed by atoms with Crippen LogP contribution in [0.15, 0.2) is 48.5 Å². The SMILES string of the molecule is COc1cc(OCc2ccccc2)ccc1OCC1CO1. The molecule has 0 aliphatic carbocycles. The van der Waals surface area contributed by atoms with Crippen LogP contribution in [-0.4, -0.2) is 26.4 Å². The molecule has 0 radical (unpaired) electrons. The van der Waals surface area contributed by atoms with Crippen LogP contribution in [0.4, 0.5) is 0 Å². The summed E-state index contributed by atoms with van der Waals surface area (Å²) in [6.45, 7) is 1.86. The molecule has 1 unspecified atom stereocenters. The molecule has 0 saturated carbocycles. The fourth-order valence-electron chi connectivity index (χ4n) is 1.94. The molecule has 110 valence electrons. The quantitative estimate of drug-likeness (QED) is 0.733. The maximum Gasteiger partial charge on any atom is 0.164 e. The fraction of sp³-hybridized carbons (Fsp3) is 0.294. The molecule has 4 heteroatoms. The van der Waals surface area contributed by atoms with Crippen molar-refractivity contribution in [1.82, 2.24) is 0 Å². The number of epoxide rings is 1. The van der Waals surface area contributed by atoms with Crippen LogP contribution in [0.5, 0.6) is 17.2 Å². The molecule has 1 atom stereocenters. The molecule has 0 aromatic heterocycles. The van der Waals surface area contributed by atoms with Crippen LogP contribution in [0.25, 0.3) is 0 Å². The van der Waals surface area contributed by atoms with Crippen LogP contribution in [0.2, 0.25) is 0 Å². The van der Waals surface area contributed by atoms with Crippen molar-refractivity contribution in [3.8, 4) is 17.2 Å². The van der Waals surface area contributed by atoms with Crippen molar-refractivity contribution in [2.45, 2.75) is 12.7 Å². The van der Waals surface area contributed by atoms with Crippen LogP contribution in [-0.2, 0) is 11.3 Å². The Morgan fingerprint density at radius 3 is 2.57 bits per heavy atom.